The zero-order valence-electron chi connectivity index (χ0n) is 13.3. The number of para-hydroxylation sites is 1. The van der Waals surface area contributed by atoms with Gasteiger partial charge in [-0.15, -0.1) is 0 Å². The summed E-state index contributed by atoms with van der Waals surface area (Å²) in [5.41, 5.74) is 2.42. The average Bonchev–Trinajstić information content (AvgIpc) is 2.83. The van der Waals surface area contributed by atoms with Crippen molar-refractivity contribution in [2.24, 2.45) is 5.41 Å². The second kappa shape index (κ2) is 6.78. The minimum Gasteiger partial charge on any atom is -0.347 e. The van der Waals surface area contributed by atoms with Crippen LogP contribution in [-0.4, -0.2) is 11.1 Å². The fourth-order valence-electron chi connectivity index (χ4n) is 2.66. The molecule has 0 aliphatic heterocycles. The zero-order valence-corrected chi connectivity index (χ0v) is 13.3. The Bertz CT molecular complexity index is 631. The minimum atomic E-state index is -0.227. The molecule has 2 aromatic rings. The number of aromatic nitrogens is 1. The average molecular weight is 283 g/mol. The van der Waals surface area contributed by atoms with E-state index in [4.69, 9.17) is 5.26 Å². The molecule has 0 bridgehead atoms. The molecule has 0 radical (unpaired) electrons. The van der Waals surface area contributed by atoms with Crippen molar-refractivity contribution in [2.75, 3.05) is 6.54 Å². The van der Waals surface area contributed by atoms with Gasteiger partial charge in [0.2, 0.25) is 0 Å². The normalized spacial score (nSPS) is 11.7. The van der Waals surface area contributed by atoms with Crippen LogP contribution in [0.15, 0.2) is 30.5 Å². The van der Waals surface area contributed by atoms with Gasteiger partial charge < -0.3 is 9.88 Å². The lowest BCUT2D eigenvalue weighted by molar-refractivity contribution is 0.417. The number of nitrogens with one attached hydrogen (secondary N) is 1. The third-order valence-corrected chi connectivity index (χ3v) is 3.94. The van der Waals surface area contributed by atoms with Gasteiger partial charge in [0.05, 0.1) is 11.5 Å². The Morgan fingerprint density at radius 2 is 2.05 bits per heavy atom. The van der Waals surface area contributed by atoms with E-state index in [1.807, 2.05) is 13.8 Å². The van der Waals surface area contributed by atoms with Crippen molar-refractivity contribution in [3.05, 3.63) is 36.0 Å². The van der Waals surface area contributed by atoms with E-state index in [9.17, 15) is 0 Å². The molecule has 0 unspecified atom stereocenters. The van der Waals surface area contributed by atoms with Crippen LogP contribution in [0.3, 0.4) is 0 Å². The van der Waals surface area contributed by atoms with E-state index < -0.39 is 0 Å². The first-order valence-electron chi connectivity index (χ1n) is 7.76. The van der Waals surface area contributed by atoms with E-state index in [2.05, 4.69) is 53.3 Å². The molecule has 21 heavy (non-hydrogen) atoms. The number of aryl methyl sites for hydroxylation is 1. The predicted molar refractivity (Wildman–Crippen MR) is 87.9 cm³/mol. The van der Waals surface area contributed by atoms with E-state index in [1.165, 1.54) is 16.5 Å². The maximum Gasteiger partial charge on any atom is 0.0683 e. The van der Waals surface area contributed by atoms with Crippen molar-refractivity contribution in [1.29, 1.82) is 5.26 Å². The highest BCUT2D eigenvalue weighted by Gasteiger charge is 2.16. The first-order valence-corrected chi connectivity index (χ1v) is 7.76. The van der Waals surface area contributed by atoms with Gasteiger partial charge in [-0.05, 0) is 44.9 Å². The topological polar surface area (TPSA) is 40.8 Å². The molecule has 0 saturated heterocycles. The van der Waals surface area contributed by atoms with Crippen LogP contribution in [0.25, 0.3) is 10.9 Å². The third kappa shape index (κ3) is 3.86. The molecule has 0 amide bonds. The molecule has 0 saturated carbocycles. The summed E-state index contributed by atoms with van der Waals surface area (Å²) in [5.74, 6) is 0. The van der Waals surface area contributed by atoms with Crippen molar-refractivity contribution < 1.29 is 0 Å². The van der Waals surface area contributed by atoms with E-state index in [0.717, 1.165) is 32.5 Å². The summed E-state index contributed by atoms with van der Waals surface area (Å²) in [6, 6.07) is 10.9. The molecule has 0 aliphatic carbocycles. The molecule has 3 heteroatoms. The molecule has 3 nitrogen and oxygen atoms in total. The van der Waals surface area contributed by atoms with Crippen LogP contribution in [0.2, 0.25) is 0 Å². The number of rotatable bonds is 7. The Morgan fingerprint density at radius 3 is 2.76 bits per heavy atom. The number of nitriles is 1. The van der Waals surface area contributed by atoms with Crippen molar-refractivity contribution in [3.63, 3.8) is 0 Å². The van der Waals surface area contributed by atoms with E-state index in [1.54, 1.807) is 0 Å². The number of nitrogens with zero attached hydrogens (tertiary/aromatic N) is 2. The SMILES string of the molecule is CCNCc1cn(CCCC(C)(C)C#N)c2ccccc12. The first-order chi connectivity index (χ1) is 10.1. The minimum absolute atomic E-state index is 0.227. The van der Waals surface area contributed by atoms with E-state index in [-0.39, 0.29) is 5.41 Å². The molecular formula is C18H25N3. The Kier molecular flexibility index (Phi) is 5.03. The molecule has 0 atom stereocenters. The quantitative estimate of drug-likeness (QED) is 0.831. The van der Waals surface area contributed by atoms with Crippen molar-refractivity contribution in [2.45, 2.75) is 46.7 Å². The smallest absolute Gasteiger partial charge is 0.0683 e. The molecule has 0 aliphatic rings. The Hall–Kier alpha value is -1.79. The Morgan fingerprint density at radius 1 is 1.29 bits per heavy atom. The molecule has 1 aromatic heterocycles. The lowest BCUT2D eigenvalue weighted by Gasteiger charge is -2.15. The van der Waals surface area contributed by atoms with Gasteiger partial charge in [0.25, 0.3) is 0 Å². The van der Waals surface area contributed by atoms with Crippen LogP contribution in [0.1, 0.15) is 39.2 Å². The highest BCUT2D eigenvalue weighted by molar-refractivity contribution is 5.83. The number of hydrogen-bond donors (Lipinski definition) is 1. The maximum absolute atomic E-state index is 9.10. The van der Waals surface area contributed by atoms with Gasteiger partial charge in [0.15, 0.2) is 0 Å². The van der Waals surface area contributed by atoms with Gasteiger partial charge in [0, 0.05) is 30.2 Å². The van der Waals surface area contributed by atoms with Gasteiger partial charge in [0.1, 0.15) is 0 Å². The first kappa shape index (κ1) is 15.6. The fraction of sp³-hybridized carbons (Fsp3) is 0.500. The van der Waals surface area contributed by atoms with E-state index >= 15 is 0 Å². The molecule has 2 rings (SSSR count). The molecule has 112 valence electrons. The van der Waals surface area contributed by atoms with E-state index in [0.29, 0.717) is 0 Å². The van der Waals surface area contributed by atoms with Crippen LogP contribution in [-0.2, 0) is 13.1 Å². The molecule has 0 spiro atoms. The van der Waals surface area contributed by atoms with Crippen LogP contribution in [0.5, 0.6) is 0 Å². The summed E-state index contributed by atoms with van der Waals surface area (Å²) in [6.45, 7) is 9.01. The largest absolute Gasteiger partial charge is 0.347 e. The highest BCUT2D eigenvalue weighted by atomic mass is 15.0. The number of benzene rings is 1. The van der Waals surface area contributed by atoms with Crippen LogP contribution in [0.4, 0.5) is 0 Å². The molecular weight excluding hydrogens is 258 g/mol. The zero-order chi connectivity index (χ0) is 15.3. The Balaban J connectivity index is 2.14. The summed E-state index contributed by atoms with van der Waals surface area (Å²) in [6.07, 6.45) is 4.21. The standard InChI is InChI=1S/C18H25N3/c1-4-20-12-15-13-21(11-7-10-18(2,3)14-19)17-9-6-5-8-16(15)17/h5-6,8-9,13,20H,4,7,10-12H2,1-3H3. The number of hydrogen-bond acceptors (Lipinski definition) is 2. The monoisotopic (exact) mass is 283 g/mol. The predicted octanol–water partition coefficient (Wildman–Crippen LogP) is 4.08. The number of fused-ring (bicyclic) bond motifs is 1. The van der Waals surface area contributed by atoms with Gasteiger partial charge in [-0.3, -0.25) is 0 Å². The van der Waals surface area contributed by atoms with Crippen LogP contribution in [0, 0.1) is 16.7 Å². The molecule has 1 heterocycles. The second-order valence-electron chi connectivity index (χ2n) is 6.24. The van der Waals surface area contributed by atoms with Crippen LogP contribution >= 0.6 is 0 Å². The fourth-order valence-corrected chi connectivity index (χ4v) is 2.66. The van der Waals surface area contributed by atoms with Gasteiger partial charge in [-0.1, -0.05) is 25.1 Å². The lowest BCUT2D eigenvalue weighted by Crippen LogP contribution is -2.11. The summed E-state index contributed by atoms with van der Waals surface area (Å²) in [4.78, 5) is 0. The molecule has 1 aromatic carbocycles. The summed E-state index contributed by atoms with van der Waals surface area (Å²) in [7, 11) is 0. The van der Waals surface area contributed by atoms with Crippen molar-refractivity contribution >= 4 is 10.9 Å². The Labute approximate surface area is 127 Å². The third-order valence-electron chi connectivity index (χ3n) is 3.94. The van der Waals surface area contributed by atoms with Gasteiger partial charge in [-0.2, -0.15) is 5.26 Å². The van der Waals surface area contributed by atoms with Crippen molar-refractivity contribution in [3.8, 4) is 6.07 Å². The summed E-state index contributed by atoms with van der Waals surface area (Å²) in [5, 5.41) is 13.8. The maximum atomic E-state index is 9.10. The summed E-state index contributed by atoms with van der Waals surface area (Å²) < 4.78 is 2.33. The highest BCUT2D eigenvalue weighted by Crippen LogP contribution is 2.24. The second-order valence-corrected chi connectivity index (χ2v) is 6.24. The summed E-state index contributed by atoms with van der Waals surface area (Å²) >= 11 is 0. The van der Waals surface area contributed by atoms with Crippen LogP contribution < -0.4 is 5.32 Å². The molecule has 1 N–H and O–H groups in total. The van der Waals surface area contributed by atoms with Crippen molar-refractivity contribution in [1.82, 2.24) is 9.88 Å². The van der Waals surface area contributed by atoms with Gasteiger partial charge in [-0.25, -0.2) is 0 Å². The molecule has 0 fully saturated rings. The van der Waals surface area contributed by atoms with Gasteiger partial charge >= 0.3 is 0 Å². The lowest BCUT2D eigenvalue weighted by atomic mass is 9.90.